The number of nitro groups is 1. The van der Waals surface area contributed by atoms with E-state index in [1.165, 1.54) is 108 Å². The van der Waals surface area contributed by atoms with Gasteiger partial charge in [-0.3, -0.25) is 10.1 Å². The number of nitro benzene ring substituents is 1. The van der Waals surface area contributed by atoms with E-state index in [9.17, 15) is 10.1 Å². The van der Waals surface area contributed by atoms with E-state index in [0.717, 1.165) is 13.0 Å². The van der Waals surface area contributed by atoms with Gasteiger partial charge in [-0.25, -0.2) is 0 Å². The lowest BCUT2D eigenvalue weighted by Gasteiger charge is -2.09. The lowest BCUT2D eigenvalue weighted by Crippen LogP contribution is -2.15. The summed E-state index contributed by atoms with van der Waals surface area (Å²) in [5.41, 5.74) is 0.0262. The Morgan fingerprint density at radius 3 is 0.781 bits per heavy atom. The summed E-state index contributed by atoms with van der Waals surface area (Å²) in [6.45, 7) is 15.0. The van der Waals surface area contributed by atoms with Crippen LogP contribution in [0.1, 0.15) is 110 Å². The van der Waals surface area contributed by atoms with Gasteiger partial charge in [-0.2, -0.15) is 0 Å². The molecule has 0 aliphatic heterocycles. The second-order valence-corrected chi connectivity index (χ2v) is 15.3. The molecule has 16 heteroatoms. The number of hydrogen-bond donors (Lipinski definition) is 0. The minimum Gasteiger partial charge on any atom is -0.491 e. The van der Waals surface area contributed by atoms with Crippen molar-refractivity contribution in [3.63, 3.8) is 0 Å². The summed E-state index contributed by atoms with van der Waals surface area (Å²) < 4.78 is 71.8. The van der Waals surface area contributed by atoms with E-state index < -0.39 is 4.92 Å². The lowest BCUT2D eigenvalue weighted by molar-refractivity contribution is -0.384. The highest BCUT2D eigenvalue weighted by Gasteiger charge is 2.04. The van der Waals surface area contributed by atoms with Crippen molar-refractivity contribution in [1.82, 2.24) is 0 Å². The maximum absolute atomic E-state index is 10.7. The van der Waals surface area contributed by atoms with Crippen LogP contribution in [0, 0.1) is 10.1 Å². The third-order valence-electron chi connectivity index (χ3n) is 9.78. The molecule has 1 aromatic rings. The summed E-state index contributed by atoms with van der Waals surface area (Å²) in [7, 11) is 0. The second kappa shape index (κ2) is 51.9. The molecule has 16 nitrogen and oxygen atoms in total. The quantitative estimate of drug-likeness (QED) is 0.0347. The van der Waals surface area contributed by atoms with Gasteiger partial charge in [-0.1, -0.05) is 103 Å². The maximum Gasteiger partial charge on any atom is 0.269 e. The third-order valence-corrected chi connectivity index (χ3v) is 9.78. The van der Waals surface area contributed by atoms with Gasteiger partial charge in [-0.05, 0) is 18.6 Å². The smallest absolute Gasteiger partial charge is 0.269 e. The van der Waals surface area contributed by atoms with Gasteiger partial charge in [0.25, 0.3) is 5.69 Å². The van der Waals surface area contributed by atoms with Gasteiger partial charge >= 0.3 is 0 Å². The summed E-state index contributed by atoms with van der Waals surface area (Å²) in [6, 6.07) is 5.92. The molecule has 0 amide bonds. The standard InChI is InChI=1S/C48H89NO15/c1-2-3-4-5-6-7-8-9-10-11-12-13-14-15-16-17-22-52-23-24-53-25-26-54-27-28-55-29-30-56-31-32-57-33-34-58-35-36-59-37-38-60-39-40-61-41-42-62-43-44-63-45-46-64-48-20-18-47(19-21-48)49(50)51/h18-21H,2-17,22-46H2,1H3. The minimum absolute atomic E-state index is 0.0262. The van der Waals surface area contributed by atoms with Crippen molar-refractivity contribution in [1.29, 1.82) is 0 Å². The first-order valence-corrected chi connectivity index (χ1v) is 24.5. The molecule has 0 aliphatic rings. The Labute approximate surface area is 386 Å². The highest BCUT2D eigenvalue weighted by atomic mass is 16.6. The van der Waals surface area contributed by atoms with Crippen molar-refractivity contribution in [3.05, 3.63) is 34.4 Å². The zero-order valence-electron chi connectivity index (χ0n) is 39.9. The van der Waals surface area contributed by atoms with Crippen LogP contribution in [0.25, 0.3) is 0 Å². The molecular weight excluding hydrogens is 831 g/mol. The van der Waals surface area contributed by atoms with Gasteiger partial charge in [0.05, 0.1) is 157 Å². The van der Waals surface area contributed by atoms with E-state index in [-0.39, 0.29) is 5.69 Å². The van der Waals surface area contributed by atoms with E-state index in [1.807, 2.05) is 0 Å². The van der Waals surface area contributed by atoms with Gasteiger partial charge in [-0.15, -0.1) is 0 Å². The molecule has 0 radical (unpaired) electrons. The fourth-order valence-corrected chi connectivity index (χ4v) is 6.16. The highest BCUT2D eigenvalue weighted by molar-refractivity contribution is 5.35. The Hall–Kier alpha value is -2.06. The van der Waals surface area contributed by atoms with Gasteiger partial charge in [0, 0.05) is 18.7 Å². The molecule has 0 aromatic heterocycles. The molecule has 0 saturated heterocycles. The third kappa shape index (κ3) is 46.5. The zero-order chi connectivity index (χ0) is 45.7. The van der Waals surface area contributed by atoms with Crippen LogP contribution in [0.2, 0.25) is 0 Å². The van der Waals surface area contributed by atoms with Crippen LogP contribution < -0.4 is 4.74 Å². The van der Waals surface area contributed by atoms with Crippen molar-refractivity contribution < 1.29 is 66.5 Å². The van der Waals surface area contributed by atoms with Crippen LogP contribution in [0.15, 0.2) is 24.3 Å². The summed E-state index contributed by atoms with van der Waals surface area (Å²) in [5.74, 6) is 0.557. The molecule has 0 unspecified atom stereocenters. The average Bonchev–Trinajstić information content (AvgIpc) is 3.30. The Bertz CT molecular complexity index is 1060. The van der Waals surface area contributed by atoms with Crippen molar-refractivity contribution in [3.8, 4) is 5.75 Å². The van der Waals surface area contributed by atoms with E-state index in [1.54, 1.807) is 12.1 Å². The highest BCUT2D eigenvalue weighted by Crippen LogP contribution is 2.17. The first-order valence-electron chi connectivity index (χ1n) is 24.5. The monoisotopic (exact) mass is 920 g/mol. The first kappa shape index (κ1) is 60.0. The van der Waals surface area contributed by atoms with Gasteiger partial charge in [0.1, 0.15) is 12.4 Å². The zero-order valence-corrected chi connectivity index (χ0v) is 39.9. The number of nitrogens with zero attached hydrogens (tertiary/aromatic N) is 1. The molecule has 0 bridgehead atoms. The molecule has 1 aromatic carbocycles. The number of hydrogen-bond acceptors (Lipinski definition) is 15. The number of rotatable bonds is 55. The van der Waals surface area contributed by atoms with Crippen molar-refractivity contribution >= 4 is 5.69 Å². The van der Waals surface area contributed by atoms with Crippen LogP contribution in [-0.4, -0.2) is 170 Å². The first-order chi connectivity index (χ1) is 31.7. The van der Waals surface area contributed by atoms with Gasteiger partial charge < -0.3 is 61.6 Å². The van der Waals surface area contributed by atoms with E-state index >= 15 is 0 Å². The fraction of sp³-hybridized carbons (Fsp3) is 0.875. The summed E-state index contributed by atoms with van der Waals surface area (Å²) >= 11 is 0. The molecule has 0 fully saturated rings. The van der Waals surface area contributed by atoms with E-state index in [4.69, 9.17) is 61.6 Å². The fourth-order valence-electron chi connectivity index (χ4n) is 6.16. The lowest BCUT2D eigenvalue weighted by atomic mass is 10.0. The number of unbranched alkanes of at least 4 members (excludes halogenated alkanes) is 15. The second-order valence-electron chi connectivity index (χ2n) is 15.3. The normalized spacial score (nSPS) is 11.5. The molecular formula is C48H89NO15. The van der Waals surface area contributed by atoms with Gasteiger partial charge in [0.2, 0.25) is 0 Å². The number of benzene rings is 1. The van der Waals surface area contributed by atoms with Crippen molar-refractivity contribution in [2.24, 2.45) is 0 Å². The molecule has 0 atom stereocenters. The molecule has 0 saturated carbocycles. The average molecular weight is 920 g/mol. The molecule has 0 N–H and O–H groups in total. The van der Waals surface area contributed by atoms with Crippen LogP contribution >= 0.6 is 0 Å². The molecule has 1 rings (SSSR count). The minimum atomic E-state index is -0.449. The van der Waals surface area contributed by atoms with Crippen molar-refractivity contribution in [2.75, 3.05) is 165 Å². The molecule has 0 heterocycles. The number of non-ortho nitro benzene ring substituents is 1. The predicted octanol–water partition coefficient (Wildman–Crippen LogP) is 8.43. The Morgan fingerprint density at radius 2 is 0.531 bits per heavy atom. The van der Waals surface area contributed by atoms with Crippen LogP contribution in [0.3, 0.4) is 0 Å². The molecule has 0 spiro atoms. The van der Waals surface area contributed by atoms with Gasteiger partial charge in [0.15, 0.2) is 0 Å². The molecule has 64 heavy (non-hydrogen) atoms. The number of ether oxygens (including phenoxy) is 13. The van der Waals surface area contributed by atoms with Crippen LogP contribution in [0.5, 0.6) is 5.75 Å². The Morgan fingerprint density at radius 1 is 0.312 bits per heavy atom. The molecule has 0 aliphatic carbocycles. The molecule has 376 valence electrons. The Balaban J connectivity index is 1.61. The SMILES string of the molecule is CCCCCCCCCCCCCCCCCCOCCOCCOCCOCCOCCOCCOCCOCCOCCOCCOCCOCCOc1ccc([N+](=O)[O-])cc1. The van der Waals surface area contributed by atoms with Crippen molar-refractivity contribution in [2.45, 2.75) is 110 Å². The summed E-state index contributed by atoms with van der Waals surface area (Å²) in [5, 5.41) is 10.7. The largest absolute Gasteiger partial charge is 0.491 e. The predicted molar refractivity (Wildman–Crippen MR) is 248 cm³/mol. The van der Waals surface area contributed by atoms with Crippen LogP contribution in [0.4, 0.5) is 5.69 Å². The summed E-state index contributed by atoms with van der Waals surface area (Å²) in [6.07, 6.45) is 22.1. The Kier molecular flexibility index (Phi) is 48.6. The van der Waals surface area contributed by atoms with E-state index in [0.29, 0.717) is 164 Å². The van der Waals surface area contributed by atoms with Crippen LogP contribution in [-0.2, 0) is 56.8 Å². The maximum atomic E-state index is 10.7. The topological polar surface area (TPSA) is 163 Å². The summed E-state index contributed by atoms with van der Waals surface area (Å²) in [4.78, 5) is 10.2. The van der Waals surface area contributed by atoms with E-state index in [2.05, 4.69) is 6.92 Å².